The first-order valence-electron chi connectivity index (χ1n) is 7.55. The molecule has 5 nitrogen and oxygen atoms in total. The molecule has 1 fully saturated rings. The molecule has 2 N–H and O–H groups in total. The van der Waals surface area contributed by atoms with Gasteiger partial charge in [-0.3, -0.25) is 0 Å². The van der Waals surface area contributed by atoms with Gasteiger partial charge >= 0.3 is 0 Å². The number of benzene rings is 1. The Labute approximate surface area is 126 Å². The summed E-state index contributed by atoms with van der Waals surface area (Å²) in [5.74, 6) is 0.679. The highest BCUT2D eigenvalue weighted by Gasteiger charge is 2.14. The van der Waals surface area contributed by atoms with Gasteiger partial charge in [0.2, 0.25) is 0 Å². The molecule has 0 saturated carbocycles. The second-order valence-electron chi connectivity index (χ2n) is 5.25. The lowest BCUT2D eigenvalue weighted by Gasteiger charge is -2.10. The Morgan fingerprint density at radius 2 is 2.33 bits per heavy atom. The first-order valence-corrected chi connectivity index (χ1v) is 7.55. The summed E-state index contributed by atoms with van der Waals surface area (Å²) >= 11 is 0. The standard InChI is InChI=1S/C16H25NO4/c1-19-16-10-13(5-6-15(16)18)11-17-7-3-8-20-12-14-4-2-9-21-14/h5-6,10,14,17-18H,2-4,7-9,11-12H2,1H3. The van der Waals surface area contributed by atoms with Crippen molar-refractivity contribution in [2.75, 3.05) is 33.5 Å². The Bertz CT molecular complexity index is 419. The van der Waals surface area contributed by atoms with E-state index in [4.69, 9.17) is 14.2 Å². The summed E-state index contributed by atoms with van der Waals surface area (Å²) in [6.07, 6.45) is 3.57. The van der Waals surface area contributed by atoms with Crippen molar-refractivity contribution in [3.8, 4) is 11.5 Å². The molecule has 0 aliphatic carbocycles. The molecule has 118 valence electrons. The highest BCUT2D eigenvalue weighted by Crippen LogP contribution is 2.26. The second kappa shape index (κ2) is 8.87. The summed E-state index contributed by atoms with van der Waals surface area (Å²) in [6, 6.07) is 5.38. The molecule has 0 bridgehead atoms. The van der Waals surface area contributed by atoms with Crippen molar-refractivity contribution in [3.63, 3.8) is 0 Å². The molecule has 1 aromatic rings. The minimum absolute atomic E-state index is 0.170. The molecule has 0 spiro atoms. The van der Waals surface area contributed by atoms with E-state index in [-0.39, 0.29) is 5.75 Å². The maximum Gasteiger partial charge on any atom is 0.160 e. The number of methoxy groups -OCH3 is 1. The van der Waals surface area contributed by atoms with E-state index < -0.39 is 0 Å². The highest BCUT2D eigenvalue weighted by molar-refractivity contribution is 5.41. The van der Waals surface area contributed by atoms with Crippen molar-refractivity contribution in [2.45, 2.75) is 31.9 Å². The van der Waals surface area contributed by atoms with Crippen LogP contribution in [0.4, 0.5) is 0 Å². The Balaban J connectivity index is 1.53. The van der Waals surface area contributed by atoms with Crippen LogP contribution in [0.15, 0.2) is 18.2 Å². The van der Waals surface area contributed by atoms with Crippen LogP contribution in [0, 0.1) is 0 Å². The van der Waals surface area contributed by atoms with Gasteiger partial charge in [-0.25, -0.2) is 0 Å². The predicted octanol–water partition coefficient (Wildman–Crippen LogP) is 2.08. The molecule has 1 atom stereocenters. The maximum atomic E-state index is 9.52. The first-order chi connectivity index (χ1) is 10.3. The van der Waals surface area contributed by atoms with Crippen LogP contribution in [0.25, 0.3) is 0 Å². The van der Waals surface area contributed by atoms with E-state index >= 15 is 0 Å². The molecular weight excluding hydrogens is 270 g/mol. The van der Waals surface area contributed by atoms with Gasteiger partial charge in [-0.2, -0.15) is 0 Å². The molecule has 1 aliphatic heterocycles. The topological polar surface area (TPSA) is 60.0 Å². The Hall–Kier alpha value is -1.30. The smallest absolute Gasteiger partial charge is 0.160 e. The molecule has 21 heavy (non-hydrogen) atoms. The number of rotatable bonds is 9. The Morgan fingerprint density at radius 3 is 3.10 bits per heavy atom. The summed E-state index contributed by atoms with van der Waals surface area (Å²) in [5.41, 5.74) is 1.09. The summed E-state index contributed by atoms with van der Waals surface area (Å²) in [5, 5.41) is 12.9. The average Bonchev–Trinajstić information content (AvgIpc) is 3.01. The van der Waals surface area contributed by atoms with Crippen molar-refractivity contribution >= 4 is 0 Å². The van der Waals surface area contributed by atoms with E-state index in [1.54, 1.807) is 13.2 Å². The third-order valence-electron chi connectivity index (χ3n) is 3.54. The molecule has 1 saturated heterocycles. The minimum Gasteiger partial charge on any atom is -0.504 e. The molecule has 1 aliphatic rings. The molecule has 1 unspecified atom stereocenters. The number of hydrogen-bond acceptors (Lipinski definition) is 5. The SMILES string of the molecule is COc1cc(CNCCCOCC2CCCO2)ccc1O. The fourth-order valence-electron chi connectivity index (χ4n) is 2.35. The molecule has 0 aromatic heterocycles. The maximum absolute atomic E-state index is 9.52. The fraction of sp³-hybridized carbons (Fsp3) is 0.625. The lowest BCUT2D eigenvalue weighted by Crippen LogP contribution is -2.19. The Morgan fingerprint density at radius 1 is 1.43 bits per heavy atom. The zero-order chi connectivity index (χ0) is 14.9. The lowest BCUT2D eigenvalue weighted by atomic mass is 10.2. The van der Waals surface area contributed by atoms with Crippen LogP contribution < -0.4 is 10.1 Å². The zero-order valence-electron chi connectivity index (χ0n) is 12.6. The normalized spacial score (nSPS) is 18.0. The van der Waals surface area contributed by atoms with Gasteiger partial charge in [-0.1, -0.05) is 6.07 Å². The van der Waals surface area contributed by atoms with E-state index in [0.717, 1.165) is 57.7 Å². The molecule has 0 amide bonds. The van der Waals surface area contributed by atoms with Gasteiger partial charge in [-0.15, -0.1) is 0 Å². The lowest BCUT2D eigenvalue weighted by molar-refractivity contribution is 0.0166. The van der Waals surface area contributed by atoms with Gasteiger partial charge in [0, 0.05) is 19.8 Å². The van der Waals surface area contributed by atoms with Gasteiger partial charge in [0.05, 0.1) is 19.8 Å². The van der Waals surface area contributed by atoms with Gasteiger partial charge < -0.3 is 24.6 Å². The third-order valence-corrected chi connectivity index (χ3v) is 3.54. The summed E-state index contributed by atoms with van der Waals surface area (Å²) < 4.78 is 16.2. The van der Waals surface area contributed by atoms with Crippen LogP contribution in [0.2, 0.25) is 0 Å². The third kappa shape index (κ3) is 5.53. The monoisotopic (exact) mass is 295 g/mol. The molecule has 5 heteroatoms. The number of phenols is 1. The van der Waals surface area contributed by atoms with Crippen LogP contribution in [-0.4, -0.2) is 44.7 Å². The molecule has 2 rings (SSSR count). The minimum atomic E-state index is 0.170. The van der Waals surface area contributed by atoms with Crippen LogP contribution in [0.5, 0.6) is 11.5 Å². The zero-order valence-corrected chi connectivity index (χ0v) is 12.6. The summed E-state index contributed by atoms with van der Waals surface area (Å²) in [4.78, 5) is 0. The Kier molecular flexibility index (Phi) is 6.79. The van der Waals surface area contributed by atoms with Crippen LogP contribution in [0.3, 0.4) is 0 Å². The van der Waals surface area contributed by atoms with Gasteiger partial charge in [0.1, 0.15) is 0 Å². The summed E-state index contributed by atoms with van der Waals surface area (Å²) in [6.45, 7) is 4.00. The second-order valence-corrected chi connectivity index (χ2v) is 5.25. The van der Waals surface area contributed by atoms with Crippen molar-refractivity contribution in [2.24, 2.45) is 0 Å². The molecular formula is C16H25NO4. The van der Waals surface area contributed by atoms with Crippen LogP contribution >= 0.6 is 0 Å². The van der Waals surface area contributed by atoms with E-state index in [1.807, 2.05) is 12.1 Å². The summed E-state index contributed by atoms with van der Waals surface area (Å²) in [7, 11) is 1.55. The van der Waals surface area contributed by atoms with E-state index in [0.29, 0.717) is 11.9 Å². The number of aromatic hydroxyl groups is 1. The van der Waals surface area contributed by atoms with E-state index in [2.05, 4.69) is 5.32 Å². The van der Waals surface area contributed by atoms with E-state index in [9.17, 15) is 5.11 Å². The quantitative estimate of drug-likeness (QED) is 0.683. The first kappa shape index (κ1) is 16.1. The van der Waals surface area contributed by atoms with Crippen molar-refractivity contribution < 1.29 is 19.3 Å². The molecule has 1 aromatic carbocycles. The van der Waals surface area contributed by atoms with Crippen LogP contribution in [0.1, 0.15) is 24.8 Å². The average molecular weight is 295 g/mol. The van der Waals surface area contributed by atoms with E-state index in [1.165, 1.54) is 0 Å². The fourth-order valence-corrected chi connectivity index (χ4v) is 2.35. The predicted molar refractivity (Wildman–Crippen MR) is 80.8 cm³/mol. The van der Waals surface area contributed by atoms with Gasteiger partial charge in [0.25, 0.3) is 0 Å². The van der Waals surface area contributed by atoms with Crippen molar-refractivity contribution in [3.05, 3.63) is 23.8 Å². The number of ether oxygens (including phenoxy) is 3. The molecule has 1 heterocycles. The largest absolute Gasteiger partial charge is 0.504 e. The van der Waals surface area contributed by atoms with Crippen molar-refractivity contribution in [1.82, 2.24) is 5.32 Å². The van der Waals surface area contributed by atoms with Crippen LogP contribution in [-0.2, 0) is 16.0 Å². The number of phenolic OH excluding ortho intramolecular Hbond substituents is 1. The molecule has 0 radical (unpaired) electrons. The highest BCUT2D eigenvalue weighted by atomic mass is 16.5. The number of nitrogens with one attached hydrogen (secondary N) is 1. The van der Waals surface area contributed by atoms with Gasteiger partial charge in [0.15, 0.2) is 11.5 Å². The number of hydrogen-bond donors (Lipinski definition) is 2. The van der Waals surface area contributed by atoms with Gasteiger partial charge in [-0.05, 0) is 43.5 Å². The van der Waals surface area contributed by atoms with Crippen molar-refractivity contribution in [1.29, 1.82) is 0 Å².